The summed E-state index contributed by atoms with van der Waals surface area (Å²) in [7, 11) is 1.81. The van der Waals surface area contributed by atoms with Crippen molar-refractivity contribution in [3.05, 3.63) is 36.2 Å². The van der Waals surface area contributed by atoms with Gasteiger partial charge in [-0.3, -0.25) is 10.1 Å². The molecule has 148 valence electrons. The molecule has 0 aliphatic carbocycles. The van der Waals surface area contributed by atoms with Gasteiger partial charge >= 0.3 is 0 Å². The number of H-pyrrole nitrogens is 1. The molecule has 1 heterocycles. The second kappa shape index (κ2) is 11.3. The third-order valence-electron chi connectivity index (χ3n) is 4.69. The maximum absolute atomic E-state index is 4.35. The van der Waals surface area contributed by atoms with Crippen LogP contribution in [-0.4, -0.2) is 58.8 Å². The van der Waals surface area contributed by atoms with Crippen molar-refractivity contribution in [3.63, 3.8) is 0 Å². The maximum atomic E-state index is 4.35. The Kier molecular flexibility index (Phi) is 8.77. The van der Waals surface area contributed by atoms with Gasteiger partial charge in [-0.25, -0.2) is 4.98 Å². The Balaban J connectivity index is 1.79. The lowest BCUT2D eigenvalue weighted by molar-refractivity contribution is 0.292. The standard InChI is InChI=1S/C20H33N7/c1-5-27(6-2)12-8-9-16(3)25-20(21-4)22-14-17-10-7-11-18(13-17)19-23-15-24-26-19/h7,10-11,13,15-16H,5-6,8-9,12,14H2,1-4H3,(H2,21,22,25)(H,23,24,26). The number of aliphatic imine (C=N–C) groups is 1. The zero-order valence-corrected chi connectivity index (χ0v) is 17.0. The van der Waals surface area contributed by atoms with E-state index in [1.165, 1.54) is 18.3 Å². The van der Waals surface area contributed by atoms with Gasteiger partial charge in [0.15, 0.2) is 11.8 Å². The van der Waals surface area contributed by atoms with Crippen LogP contribution in [0.4, 0.5) is 0 Å². The molecule has 0 spiro atoms. The van der Waals surface area contributed by atoms with Crippen molar-refractivity contribution in [2.45, 2.75) is 46.2 Å². The average molecular weight is 372 g/mol. The van der Waals surface area contributed by atoms with Gasteiger partial charge in [-0.15, -0.1) is 0 Å². The van der Waals surface area contributed by atoms with Crippen molar-refractivity contribution in [1.29, 1.82) is 0 Å². The van der Waals surface area contributed by atoms with Gasteiger partial charge in [-0.2, -0.15) is 5.10 Å². The molecule has 0 fully saturated rings. The highest BCUT2D eigenvalue weighted by atomic mass is 15.2. The molecule has 27 heavy (non-hydrogen) atoms. The van der Waals surface area contributed by atoms with E-state index in [-0.39, 0.29) is 0 Å². The quantitative estimate of drug-likeness (QED) is 0.442. The Labute approximate surface area is 162 Å². The molecule has 1 aromatic heterocycles. The first kappa shape index (κ1) is 20.9. The fourth-order valence-corrected chi connectivity index (χ4v) is 3.02. The molecule has 7 nitrogen and oxygen atoms in total. The molecule has 0 bridgehead atoms. The summed E-state index contributed by atoms with van der Waals surface area (Å²) in [6.07, 6.45) is 3.83. The van der Waals surface area contributed by atoms with E-state index in [0.29, 0.717) is 12.6 Å². The van der Waals surface area contributed by atoms with Gasteiger partial charge in [-0.05, 0) is 51.0 Å². The van der Waals surface area contributed by atoms with Crippen LogP contribution in [-0.2, 0) is 6.54 Å². The van der Waals surface area contributed by atoms with Gasteiger partial charge in [0.25, 0.3) is 0 Å². The van der Waals surface area contributed by atoms with Crippen molar-refractivity contribution in [2.24, 2.45) is 4.99 Å². The number of nitrogens with one attached hydrogen (secondary N) is 3. The summed E-state index contributed by atoms with van der Waals surface area (Å²) in [4.78, 5) is 11.0. The highest BCUT2D eigenvalue weighted by Gasteiger charge is 2.07. The fraction of sp³-hybridized carbons (Fsp3) is 0.550. The van der Waals surface area contributed by atoms with Crippen LogP contribution in [0.5, 0.6) is 0 Å². The van der Waals surface area contributed by atoms with Crippen LogP contribution < -0.4 is 10.6 Å². The summed E-state index contributed by atoms with van der Waals surface area (Å²) < 4.78 is 0. The molecule has 2 rings (SSSR count). The van der Waals surface area contributed by atoms with Crippen LogP contribution in [0.3, 0.4) is 0 Å². The monoisotopic (exact) mass is 371 g/mol. The van der Waals surface area contributed by atoms with Crippen molar-refractivity contribution < 1.29 is 0 Å². The Morgan fingerprint density at radius 1 is 1.30 bits per heavy atom. The number of benzene rings is 1. The maximum Gasteiger partial charge on any atom is 0.191 e. The summed E-state index contributed by atoms with van der Waals surface area (Å²) in [5, 5.41) is 13.7. The third kappa shape index (κ3) is 7.02. The minimum atomic E-state index is 0.382. The zero-order valence-electron chi connectivity index (χ0n) is 17.0. The summed E-state index contributed by atoms with van der Waals surface area (Å²) >= 11 is 0. The number of hydrogen-bond acceptors (Lipinski definition) is 4. The van der Waals surface area contributed by atoms with E-state index in [9.17, 15) is 0 Å². The van der Waals surface area contributed by atoms with Gasteiger partial charge in [0.1, 0.15) is 6.33 Å². The number of aromatic amines is 1. The fourth-order valence-electron chi connectivity index (χ4n) is 3.02. The predicted octanol–water partition coefficient (Wildman–Crippen LogP) is 2.65. The van der Waals surface area contributed by atoms with Gasteiger partial charge in [-0.1, -0.05) is 32.0 Å². The first-order chi connectivity index (χ1) is 13.2. The molecule has 0 saturated heterocycles. The highest BCUT2D eigenvalue weighted by Crippen LogP contribution is 2.15. The van der Waals surface area contributed by atoms with E-state index in [2.05, 4.69) is 68.6 Å². The van der Waals surface area contributed by atoms with E-state index in [0.717, 1.165) is 43.4 Å². The molecule has 0 aliphatic rings. The lowest BCUT2D eigenvalue weighted by atomic mass is 10.1. The molecule has 0 radical (unpaired) electrons. The van der Waals surface area contributed by atoms with Crippen molar-refractivity contribution in [1.82, 2.24) is 30.7 Å². The third-order valence-corrected chi connectivity index (χ3v) is 4.69. The first-order valence-corrected chi connectivity index (χ1v) is 9.80. The van der Waals surface area contributed by atoms with E-state index in [1.54, 1.807) is 0 Å². The summed E-state index contributed by atoms with van der Waals surface area (Å²) in [5.41, 5.74) is 2.19. The molecule has 1 aromatic carbocycles. The zero-order chi connectivity index (χ0) is 19.5. The van der Waals surface area contributed by atoms with E-state index >= 15 is 0 Å². The molecule has 2 aromatic rings. The van der Waals surface area contributed by atoms with E-state index < -0.39 is 0 Å². The molecular weight excluding hydrogens is 338 g/mol. The molecule has 0 amide bonds. The van der Waals surface area contributed by atoms with Crippen molar-refractivity contribution >= 4 is 5.96 Å². The average Bonchev–Trinajstić information content (AvgIpc) is 3.23. The number of rotatable bonds is 10. The SMILES string of the molecule is CCN(CC)CCCC(C)NC(=NC)NCc1cccc(-c2ncn[nH]2)c1. The summed E-state index contributed by atoms with van der Waals surface area (Å²) in [5.74, 6) is 1.61. The molecular formula is C20H33N7. The van der Waals surface area contributed by atoms with Crippen LogP contribution >= 0.6 is 0 Å². The Bertz CT molecular complexity index is 677. The van der Waals surface area contributed by atoms with Crippen LogP contribution in [0.15, 0.2) is 35.6 Å². The largest absolute Gasteiger partial charge is 0.354 e. The Hall–Kier alpha value is -2.41. The van der Waals surface area contributed by atoms with E-state index in [4.69, 9.17) is 0 Å². The lowest BCUT2D eigenvalue weighted by Gasteiger charge is -2.21. The van der Waals surface area contributed by atoms with Gasteiger partial charge in [0.05, 0.1) is 0 Å². The normalized spacial score (nSPS) is 13.0. The highest BCUT2D eigenvalue weighted by molar-refractivity contribution is 5.79. The number of hydrogen-bond donors (Lipinski definition) is 3. The predicted molar refractivity (Wildman–Crippen MR) is 112 cm³/mol. The van der Waals surface area contributed by atoms with Gasteiger partial charge in [0.2, 0.25) is 0 Å². The van der Waals surface area contributed by atoms with Gasteiger partial charge < -0.3 is 15.5 Å². The summed E-state index contributed by atoms with van der Waals surface area (Å²) in [6, 6.07) is 8.63. The lowest BCUT2D eigenvalue weighted by Crippen LogP contribution is -2.42. The number of nitrogens with zero attached hydrogens (tertiary/aromatic N) is 4. The molecule has 0 saturated carbocycles. The smallest absolute Gasteiger partial charge is 0.191 e. The second-order valence-electron chi connectivity index (χ2n) is 6.67. The number of aromatic nitrogens is 3. The van der Waals surface area contributed by atoms with Crippen molar-refractivity contribution in [3.8, 4) is 11.4 Å². The van der Waals surface area contributed by atoms with Crippen LogP contribution in [0.1, 0.15) is 39.2 Å². The topological polar surface area (TPSA) is 81.2 Å². The molecule has 0 aliphatic heterocycles. The minimum absolute atomic E-state index is 0.382. The van der Waals surface area contributed by atoms with Crippen LogP contribution in [0.2, 0.25) is 0 Å². The first-order valence-electron chi connectivity index (χ1n) is 9.80. The Morgan fingerprint density at radius 2 is 2.11 bits per heavy atom. The molecule has 3 N–H and O–H groups in total. The number of guanidine groups is 1. The minimum Gasteiger partial charge on any atom is -0.354 e. The van der Waals surface area contributed by atoms with Crippen LogP contribution in [0.25, 0.3) is 11.4 Å². The Morgan fingerprint density at radius 3 is 2.78 bits per heavy atom. The van der Waals surface area contributed by atoms with Crippen LogP contribution in [0, 0.1) is 0 Å². The van der Waals surface area contributed by atoms with E-state index in [1.807, 2.05) is 19.2 Å². The van der Waals surface area contributed by atoms with Crippen molar-refractivity contribution in [2.75, 3.05) is 26.7 Å². The summed E-state index contributed by atoms with van der Waals surface area (Å²) in [6.45, 7) is 10.7. The van der Waals surface area contributed by atoms with Gasteiger partial charge in [0, 0.05) is 25.2 Å². The second-order valence-corrected chi connectivity index (χ2v) is 6.67. The molecule has 1 atom stereocenters. The molecule has 1 unspecified atom stereocenters. The molecule has 7 heteroatoms.